The van der Waals surface area contributed by atoms with Crippen LogP contribution in [0, 0.1) is 22.7 Å². The Hall–Kier alpha value is -6.50. The van der Waals surface area contributed by atoms with E-state index in [0.717, 1.165) is 5.56 Å². The predicted molar refractivity (Wildman–Crippen MR) is 252 cm³/mol. The van der Waals surface area contributed by atoms with Crippen LogP contribution in [-0.4, -0.2) is 77.7 Å². The minimum atomic E-state index is -0.954. The van der Waals surface area contributed by atoms with Gasteiger partial charge in [-0.1, -0.05) is 48.3 Å². The van der Waals surface area contributed by atoms with Gasteiger partial charge in [-0.05, 0) is 109 Å². The molecule has 0 fully saturated rings. The number of nitrogens with zero attached hydrogens (tertiary/aromatic N) is 4. The van der Waals surface area contributed by atoms with Crippen LogP contribution >= 0.6 is 23.4 Å². The fourth-order valence-electron chi connectivity index (χ4n) is 6.11. The molecule has 0 saturated heterocycles. The Morgan fingerprint density at radius 3 is 1.90 bits per heavy atom. The summed E-state index contributed by atoms with van der Waals surface area (Å²) >= 11 is 7.23. The summed E-state index contributed by atoms with van der Waals surface area (Å²) in [6, 6.07) is 17.9. The van der Waals surface area contributed by atoms with E-state index in [4.69, 9.17) is 45.4 Å². The summed E-state index contributed by atoms with van der Waals surface area (Å²) < 4.78 is 33.3. The number of nitrogen functional groups attached to an aromatic ring is 1. The standard InChI is InChI=1S/C48H58ClN7O10S/c1-47(2,3)65-45(59)53-23-11-7-9-13-39(57)62-29-36(64-40(58)14-10-8-12-24-54-46(60)66-48(4,5)6)28-61-35-21-17-31(18-22-35)41-37(25-50)42(52)56-44(38(41)26-51)67-30-34-27-63-43(55-34)32-15-19-33(49)20-16-32/h15-22,27,36H,7-14,23-24,28-30H2,1-6H3,(H2,52,56)(H,53,59)(H,54,60)/t36-/m0/s1. The third kappa shape index (κ3) is 19.1. The number of aromatic nitrogens is 2. The van der Waals surface area contributed by atoms with Gasteiger partial charge in [0.05, 0.1) is 11.3 Å². The van der Waals surface area contributed by atoms with Gasteiger partial charge in [-0.2, -0.15) is 10.5 Å². The lowest BCUT2D eigenvalue weighted by molar-refractivity contribution is -0.161. The maximum absolute atomic E-state index is 12.9. The highest BCUT2D eigenvalue weighted by Gasteiger charge is 2.23. The number of nitriles is 2. The largest absolute Gasteiger partial charge is 0.490 e. The Kier molecular flexibility index (Phi) is 20.6. The first-order valence-corrected chi connectivity index (χ1v) is 23.2. The average Bonchev–Trinajstić information content (AvgIpc) is 3.74. The quantitative estimate of drug-likeness (QED) is 0.0271. The molecule has 358 valence electrons. The summed E-state index contributed by atoms with van der Waals surface area (Å²) in [6.45, 7) is 11.0. The number of benzene rings is 2. The van der Waals surface area contributed by atoms with Gasteiger partial charge in [0, 0.05) is 47.8 Å². The molecule has 4 aromatic rings. The number of nitrogens with one attached hydrogen (secondary N) is 2. The van der Waals surface area contributed by atoms with E-state index in [1.807, 2.05) is 0 Å². The number of ether oxygens (including phenoxy) is 5. The SMILES string of the molecule is CC(C)(C)OC(=O)NCCCCCC(=O)OC[C@H](COc1ccc(-c2c(C#N)c(N)nc(SCc3coc(-c4ccc(Cl)cc4)n3)c2C#N)cc1)OC(=O)CCCCCNC(=O)OC(C)(C)C. The highest BCUT2D eigenvalue weighted by molar-refractivity contribution is 7.98. The van der Waals surface area contributed by atoms with Crippen molar-refractivity contribution in [3.63, 3.8) is 0 Å². The molecule has 2 amide bonds. The molecule has 19 heteroatoms. The van der Waals surface area contributed by atoms with Crippen LogP contribution in [0.2, 0.25) is 5.02 Å². The third-order valence-electron chi connectivity index (χ3n) is 9.17. The number of rotatable bonds is 23. The van der Waals surface area contributed by atoms with Gasteiger partial charge in [0.25, 0.3) is 0 Å². The molecule has 17 nitrogen and oxygen atoms in total. The number of pyridine rings is 1. The van der Waals surface area contributed by atoms with Crippen molar-refractivity contribution < 1.29 is 47.3 Å². The molecule has 0 aliphatic rings. The van der Waals surface area contributed by atoms with Gasteiger partial charge in [-0.25, -0.2) is 19.6 Å². The molecule has 2 aromatic heterocycles. The molecule has 2 heterocycles. The molecule has 0 aliphatic heterocycles. The maximum atomic E-state index is 12.9. The van der Waals surface area contributed by atoms with Crippen LogP contribution < -0.4 is 21.1 Å². The van der Waals surface area contributed by atoms with Gasteiger partial charge in [0.2, 0.25) is 5.89 Å². The van der Waals surface area contributed by atoms with Crippen molar-refractivity contribution in [2.24, 2.45) is 0 Å². The Balaban J connectivity index is 1.37. The van der Waals surface area contributed by atoms with E-state index in [1.165, 1.54) is 18.0 Å². The third-order valence-corrected chi connectivity index (χ3v) is 10.4. The van der Waals surface area contributed by atoms with E-state index in [2.05, 4.69) is 32.7 Å². The number of hydrogen-bond acceptors (Lipinski definition) is 16. The number of alkyl carbamates (subject to hydrolysis) is 2. The number of unbranched alkanes of at least 4 members (excludes halogenated alkanes) is 4. The molecule has 0 unspecified atom stereocenters. The highest BCUT2D eigenvalue weighted by atomic mass is 35.5. The highest BCUT2D eigenvalue weighted by Crippen LogP contribution is 2.37. The summed E-state index contributed by atoms with van der Waals surface area (Å²) in [7, 11) is 0. The summed E-state index contributed by atoms with van der Waals surface area (Å²) in [6.07, 6.45) is 3.31. The molecule has 0 radical (unpaired) electrons. The molecule has 0 bridgehead atoms. The maximum Gasteiger partial charge on any atom is 0.407 e. The monoisotopic (exact) mass is 959 g/mol. The predicted octanol–water partition coefficient (Wildman–Crippen LogP) is 9.68. The van der Waals surface area contributed by atoms with E-state index in [1.54, 1.807) is 90.1 Å². The van der Waals surface area contributed by atoms with Crippen LogP contribution in [0.1, 0.15) is 110 Å². The van der Waals surface area contributed by atoms with Gasteiger partial charge in [0.1, 0.15) is 65.0 Å². The van der Waals surface area contributed by atoms with E-state index in [-0.39, 0.29) is 43.0 Å². The van der Waals surface area contributed by atoms with E-state index in [9.17, 15) is 29.7 Å². The molecule has 0 saturated carbocycles. The van der Waals surface area contributed by atoms with Gasteiger partial charge >= 0.3 is 24.1 Å². The lowest BCUT2D eigenvalue weighted by atomic mass is 9.97. The first-order valence-electron chi connectivity index (χ1n) is 21.8. The van der Waals surface area contributed by atoms with Crippen molar-refractivity contribution in [3.8, 4) is 40.5 Å². The normalized spacial score (nSPS) is 11.7. The Morgan fingerprint density at radius 1 is 0.761 bits per heavy atom. The average molecular weight is 961 g/mol. The van der Waals surface area contributed by atoms with Gasteiger partial charge in [0.15, 0.2) is 6.10 Å². The van der Waals surface area contributed by atoms with Gasteiger partial charge < -0.3 is 44.5 Å². The molecule has 67 heavy (non-hydrogen) atoms. The molecule has 1 atom stereocenters. The molecule has 4 N–H and O–H groups in total. The first kappa shape index (κ1) is 53.1. The Labute approximate surface area is 400 Å². The molecule has 0 aliphatic carbocycles. The van der Waals surface area contributed by atoms with Crippen LogP contribution in [0.25, 0.3) is 22.6 Å². The number of carbonyl (C=O) groups excluding carboxylic acids is 4. The minimum Gasteiger partial charge on any atom is -0.490 e. The number of amides is 2. The van der Waals surface area contributed by atoms with E-state index < -0.39 is 41.4 Å². The Morgan fingerprint density at radius 2 is 1.33 bits per heavy atom. The summed E-state index contributed by atoms with van der Waals surface area (Å²) in [5, 5.41) is 26.7. The van der Waals surface area contributed by atoms with Crippen LogP contribution in [0.4, 0.5) is 15.4 Å². The zero-order valence-electron chi connectivity index (χ0n) is 38.7. The van der Waals surface area contributed by atoms with Crippen molar-refractivity contribution in [2.75, 3.05) is 32.0 Å². The molecular formula is C48H58ClN7O10S. The lowest BCUT2D eigenvalue weighted by Crippen LogP contribution is -2.33. The summed E-state index contributed by atoms with van der Waals surface area (Å²) in [5.74, 6) is 0.0155. The van der Waals surface area contributed by atoms with Gasteiger partial charge in [-0.15, -0.1) is 0 Å². The minimum absolute atomic E-state index is 0.0339. The topological polar surface area (TPSA) is 251 Å². The van der Waals surface area contributed by atoms with Gasteiger partial charge in [-0.3, -0.25) is 9.59 Å². The fourth-order valence-corrected chi connectivity index (χ4v) is 7.11. The second kappa shape index (κ2) is 26.0. The number of oxazole rings is 1. The molecule has 4 rings (SSSR count). The number of halogens is 1. The van der Waals surface area contributed by atoms with E-state index in [0.29, 0.717) is 95.9 Å². The van der Waals surface area contributed by atoms with Crippen molar-refractivity contribution in [1.29, 1.82) is 10.5 Å². The van der Waals surface area contributed by atoms with Crippen molar-refractivity contribution in [1.82, 2.24) is 20.6 Å². The number of carbonyl (C=O) groups is 4. The summed E-state index contributed by atoms with van der Waals surface area (Å²) in [5.41, 5.74) is 7.38. The molecule has 0 spiro atoms. The molecule has 2 aromatic carbocycles. The fraction of sp³-hybridized carbons (Fsp3) is 0.458. The van der Waals surface area contributed by atoms with Crippen LogP contribution in [0.15, 0.2) is 64.2 Å². The first-order chi connectivity index (χ1) is 31.8. The molecular weight excluding hydrogens is 902 g/mol. The zero-order chi connectivity index (χ0) is 49.0. The number of thioether (sulfide) groups is 1. The van der Waals surface area contributed by atoms with Crippen molar-refractivity contribution >= 4 is 53.3 Å². The van der Waals surface area contributed by atoms with Crippen molar-refractivity contribution in [3.05, 3.63) is 76.6 Å². The number of esters is 2. The smallest absolute Gasteiger partial charge is 0.407 e. The van der Waals surface area contributed by atoms with Crippen LogP contribution in [-0.2, 0) is 34.3 Å². The van der Waals surface area contributed by atoms with Crippen molar-refractivity contribution in [2.45, 2.75) is 121 Å². The Bertz CT molecular complexity index is 2370. The lowest BCUT2D eigenvalue weighted by Gasteiger charge is -2.20. The number of nitrogens with two attached hydrogens (primary N) is 1. The second-order valence-electron chi connectivity index (χ2n) is 17.2. The van der Waals surface area contributed by atoms with E-state index >= 15 is 0 Å². The van der Waals surface area contributed by atoms with Crippen LogP contribution in [0.5, 0.6) is 5.75 Å². The van der Waals surface area contributed by atoms with Crippen LogP contribution in [0.3, 0.4) is 0 Å². The second-order valence-corrected chi connectivity index (χ2v) is 18.6. The zero-order valence-corrected chi connectivity index (χ0v) is 40.3. The number of anilines is 1. The number of hydrogen-bond donors (Lipinski definition) is 3. The summed E-state index contributed by atoms with van der Waals surface area (Å²) in [4.78, 5) is 58.3.